The molecule has 0 bridgehead atoms. The Morgan fingerprint density at radius 2 is 2.21 bits per heavy atom. The SMILES string of the molecule is CCCCOC(=O)C(CC)NC(=O)Cc1cccs1. The van der Waals surface area contributed by atoms with Crippen molar-refractivity contribution in [3.8, 4) is 0 Å². The molecule has 1 N–H and O–H groups in total. The molecule has 0 radical (unpaired) electrons. The van der Waals surface area contributed by atoms with Crippen LogP contribution in [0.25, 0.3) is 0 Å². The van der Waals surface area contributed by atoms with E-state index in [4.69, 9.17) is 4.74 Å². The van der Waals surface area contributed by atoms with Crippen molar-refractivity contribution < 1.29 is 14.3 Å². The number of unbranched alkanes of at least 4 members (excludes halogenated alkanes) is 1. The van der Waals surface area contributed by atoms with Gasteiger partial charge in [0, 0.05) is 4.88 Å². The Bertz CT molecular complexity index is 389. The molecule has 106 valence electrons. The van der Waals surface area contributed by atoms with Gasteiger partial charge in [0.15, 0.2) is 0 Å². The highest BCUT2D eigenvalue weighted by Gasteiger charge is 2.20. The largest absolute Gasteiger partial charge is 0.464 e. The van der Waals surface area contributed by atoms with Crippen LogP contribution in [0.1, 0.15) is 38.0 Å². The van der Waals surface area contributed by atoms with Crippen LogP contribution in [0.3, 0.4) is 0 Å². The van der Waals surface area contributed by atoms with E-state index in [0.717, 1.165) is 17.7 Å². The van der Waals surface area contributed by atoms with Crippen LogP contribution in [0.15, 0.2) is 17.5 Å². The topological polar surface area (TPSA) is 55.4 Å². The number of hydrogen-bond acceptors (Lipinski definition) is 4. The lowest BCUT2D eigenvalue weighted by atomic mass is 10.2. The maximum Gasteiger partial charge on any atom is 0.328 e. The molecule has 4 nitrogen and oxygen atoms in total. The summed E-state index contributed by atoms with van der Waals surface area (Å²) in [5.41, 5.74) is 0. The maximum atomic E-state index is 11.8. The molecule has 1 unspecified atom stereocenters. The first-order valence-electron chi connectivity index (χ1n) is 6.65. The van der Waals surface area contributed by atoms with Crippen molar-refractivity contribution in [1.82, 2.24) is 5.32 Å². The first-order chi connectivity index (χ1) is 9.17. The molecule has 0 fully saturated rings. The third kappa shape index (κ3) is 5.87. The molecule has 1 aromatic rings. The van der Waals surface area contributed by atoms with Crippen LogP contribution in [0.2, 0.25) is 0 Å². The van der Waals surface area contributed by atoms with E-state index in [0.29, 0.717) is 19.4 Å². The van der Waals surface area contributed by atoms with Gasteiger partial charge in [-0.15, -0.1) is 11.3 Å². The third-order valence-electron chi connectivity index (χ3n) is 2.69. The number of esters is 1. The second-order valence-electron chi connectivity index (χ2n) is 4.31. The standard InChI is InChI=1S/C14H21NO3S/c1-3-5-8-18-14(17)12(4-2)15-13(16)10-11-7-6-9-19-11/h6-7,9,12H,3-5,8,10H2,1-2H3,(H,15,16). The predicted octanol–water partition coefficient (Wildman–Crippen LogP) is 2.53. The Balaban J connectivity index is 2.38. The van der Waals surface area contributed by atoms with E-state index in [1.807, 2.05) is 31.4 Å². The number of hydrogen-bond donors (Lipinski definition) is 1. The molecule has 0 aliphatic carbocycles. The molecular weight excluding hydrogens is 262 g/mol. The van der Waals surface area contributed by atoms with E-state index in [1.54, 1.807) is 0 Å². The number of amides is 1. The highest BCUT2D eigenvalue weighted by Crippen LogP contribution is 2.09. The van der Waals surface area contributed by atoms with Gasteiger partial charge in [0.25, 0.3) is 0 Å². The first-order valence-corrected chi connectivity index (χ1v) is 7.53. The van der Waals surface area contributed by atoms with Crippen molar-refractivity contribution in [2.45, 2.75) is 45.6 Å². The van der Waals surface area contributed by atoms with E-state index in [-0.39, 0.29) is 11.9 Å². The Kier molecular flexibility index (Phi) is 7.18. The zero-order valence-electron chi connectivity index (χ0n) is 11.5. The van der Waals surface area contributed by atoms with Crippen molar-refractivity contribution in [1.29, 1.82) is 0 Å². The quantitative estimate of drug-likeness (QED) is 0.589. The van der Waals surface area contributed by atoms with Gasteiger partial charge < -0.3 is 10.1 Å². The summed E-state index contributed by atoms with van der Waals surface area (Å²) in [5.74, 6) is -0.475. The molecule has 1 rings (SSSR count). The molecule has 1 atom stereocenters. The number of carbonyl (C=O) groups excluding carboxylic acids is 2. The summed E-state index contributed by atoms with van der Waals surface area (Å²) in [7, 11) is 0. The van der Waals surface area contributed by atoms with Crippen LogP contribution < -0.4 is 5.32 Å². The molecule has 0 aliphatic rings. The van der Waals surface area contributed by atoms with Crippen LogP contribution in [-0.4, -0.2) is 24.5 Å². The second-order valence-corrected chi connectivity index (χ2v) is 5.34. The van der Waals surface area contributed by atoms with Gasteiger partial charge >= 0.3 is 5.97 Å². The first kappa shape index (κ1) is 15.7. The molecule has 1 heterocycles. The zero-order chi connectivity index (χ0) is 14.1. The third-order valence-corrected chi connectivity index (χ3v) is 3.56. The second kappa shape index (κ2) is 8.69. The molecule has 0 spiro atoms. The van der Waals surface area contributed by atoms with Crippen LogP contribution in [0, 0.1) is 0 Å². The maximum absolute atomic E-state index is 11.8. The molecule has 0 aliphatic heterocycles. The summed E-state index contributed by atoms with van der Waals surface area (Å²) in [5, 5.41) is 4.65. The van der Waals surface area contributed by atoms with Gasteiger partial charge in [-0.3, -0.25) is 4.79 Å². The Morgan fingerprint density at radius 3 is 2.79 bits per heavy atom. The zero-order valence-corrected chi connectivity index (χ0v) is 12.3. The average Bonchev–Trinajstić information content (AvgIpc) is 2.88. The highest BCUT2D eigenvalue weighted by molar-refractivity contribution is 7.10. The monoisotopic (exact) mass is 283 g/mol. The Morgan fingerprint density at radius 1 is 1.42 bits per heavy atom. The summed E-state index contributed by atoms with van der Waals surface area (Å²) in [6.07, 6.45) is 2.69. The van der Waals surface area contributed by atoms with E-state index in [2.05, 4.69) is 5.32 Å². The molecule has 5 heteroatoms. The number of nitrogens with one attached hydrogen (secondary N) is 1. The molecule has 1 amide bonds. The van der Waals surface area contributed by atoms with Crippen LogP contribution in [0.5, 0.6) is 0 Å². The fraction of sp³-hybridized carbons (Fsp3) is 0.571. The average molecular weight is 283 g/mol. The van der Waals surface area contributed by atoms with Gasteiger partial charge in [-0.2, -0.15) is 0 Å². The highest BCUT2D eigenvalue weighted by atomic mass is 32.1. The van der Waals surface area contributed by atoms with E-state index >= 15 is 0 Å². The number of ether oxygens (including phenoxy) is 1. The normalized spacial score (nSPS) is 11.9. The minimum atomic E-state index is -0.538. The number of rotatable bonds is 8. The lowest BCUT2D eigenvalue weighted by Gasteiger charge is -2.15. The lowest BCUT2D eigenvalue weighted by molar-refractivity contribution is -0.148. The van der Waals surface area contributed by atoms with Gasteiger partial charge in [-0.1, -0.05) is 26.3 Å². The Labute approximate surface area is 118 Å². The summed E-state index contributed by atoms with van der Waals surface area (Å²) in [4.78, 5) is 24.5. The fourth-order valence-electron chi connectivity index (χ4n) is 1.56. The van der Waals surface area contributed by atoms with E-state index in [9.17, 15) is 9.59 Å². The van der Waals surface area contributed by atoms with Gasteiger partial charge in [0.05, 0.1) is 13.0 Å². The van der Waals surface area contributed by atoms with Crippen LogP contribution >= 0.6 is 11.3 Å². The molecular formula is C14H21NO3S. The Hall–Kier alpha value is -1.36. The van der Waals surface area contributed by atoms with Crippen LogP contribution in [0.4, 0.5) is 0 Å². The van der Waals surface area contributed by atoms with E-state index < -0.39 is 6.04 Å². The smallest absolute Gasteiger partial charge is 0.328 e. The van der Waals surface area contributed by atoms with Crippen molar-refractivity contribution in [3.05, 3.63) is 22.4 Å². The number of thiophene rings is 1. The summed E-state index contributed by atoms with van der Waals surface area (Å²) >= 11 is 1.53. The van der Waals surface area contributed by atoms with Crippen molar-refractivity contribution in [3.63, 3.8) is 0 Å². The van der Waals surface area contributed by atoms with Gasteiger partial charge in [0.1, 0.15) is 6.04 Å². The van der Waals surface area contributed by atoms with Crippen LogP contribution in [-0.2, 0) is 20.7 Å². The lowest BCUT2D eigenvalue weighted by Crippen LogP contribution is -2.42. The van der Waals surface area contributed by atoms with Gasteiger partial charge in [0.2, 0.25) is 5.91 Å². The summed E-state index contributed by atoms with van der Waals surface area (Å²) in [6.45, 7) is 4.32. The van der Waals surface area contributed by atoms with Gasteiger partial charge in [-0.25, -0.2) is 4.79 Å². The molecule has 0 saturated heterocycles. The van der Waals surface area contributed by atoms with E-state index in [1.165, 1.54) is 11.3 Å². The van der Waals surface area contributed by atoms with Crippen molar-refractivity contribution >= 4 is 23.2 Å². The summed E-state index contributed by atoms with van der Waals surface area (Å²) < 4.78 is 5.12. The molecule has 0 saturated carbocycles. The minimum absolute atomic E-state index is 0.137. The molecule has 19 heavy (non-hydrogen) atoms. The van der Waals surface area contributed by atoms with Gasteiger partial charge in [-0.05, 0) is 24.3 Å². The molecule has 0 aromatic carbocycles. The van der Waals surface area contributed by atoms with Crippen molar-refractivity contribution in [2.75, 3.05) is 6.61 Å². The summed E-state index contributed by atoms with van der Waals surface area (Å²) in [6, 6.07) is 3.28. The van der Waals surface area contributed by atoms with Crippen molar-refractivity contribution in [2.24, 2.45) is 0 Å². The molecule has 1 aromatic heterocycles. The minimum Gasteiger partial charge on any atom is -0.464 e. The fourth-order valence-corrected chi connectivity index (χ4v) is 2.27. The number of carbonyl (C=O) groups is 2. The predicted molar refractivity (Wildman–Crippen MR) is 76.1 cm³/mol.